The molecule has 0 spiro atoms. The van der Waals surface area contributed by atoms with E-state index in [9.17, 15) is 9.90 Å². The largest absolute Gasteiger partial charge is 0.512 e. The Morgan fingerprint density at radius 2 is 1.54 bits per heavy atom. The molecule has 4 nitrogen and oxygen atoms in total. The standard InChI is InChI=1S/C31H37N2Si.C15H28O2.Ir/c1-19(2)31-32-29(23-12-15-25(16-13-23)34(5,6)7)26-17-14-24-18-20(3)27(22-10-8-9-11-22)21(4)28(24)30(26)33-31;1-7-14(5,8-2)12(16)11-13(17)15(6,9-3)10-4;/h12,14-19,22H,8-11H2,1-7H3;11,16H,7-10H2,1-6H3;/q-1;;/b;12-11-;. The van der Waals surface area contributed by atoms with Crippen molar-refractivity contribution in [3.05, 3.63) is 76.8 Å². The molecular formula is C46H65IrN2O2Si-. The molecule has 4 aromatic rings. The summed E-state index contributed by atoms with van der Waals surface area (Å²) in [6.07, 6.45) is 10.1. The van der Waals surface area contributed by atoms with E-state index in [1.165, 1.54) is 58.8 Å². The minimum atomic E-state index is -1.37. The Labute approximate surface area is 330 Å². The van der Waals surface area contributed by atoms with Crippen LogP contribution in [0.25, 0.3) is 32.9 Å². The van der Waals surface area contributed by atoms with Gasteiger partial charge < -0.3 is 5.11 Å². The Bertz CT molecular complexity index is 1870. The maximum Gasteiger partial charge on any atom is 0.164 e. The van der Waals surface area contributed by atoms with Crippen LogP contribution >= 0.6 is 0 Å². The molecular weight excluding hydrogens is 833 g/mol. The number of rotatable bonds is 11. The molecule has 5 rings (SSSR count). The Morgan fingerprint density at radius 3 is 2.04 bits per heavy atom. The average molecular weight is 898 g/mol. The van der Waals surface area contributed by atoms with Crippen LogP contribution in [-0.4, -0.2) is 28.9 Å². The van der Waals surface area contributed by atoms with E-state index in [0.717, 1.165) is 53.7 Å². The second-order valence-corrected chi connectivity index (χ2v) is 22.1. The quantitative estimate of drug-likeness (QED) is 0.0536. The van der Waals surface area contributed by atoms with Crippen LogP contribution < -0.4 is 5.19 Å². The van der Waals surface area contributed by atoms with Gasteiger partial charge in [-0.05, 0) is 91.4 Å². The monoisotopic (exact) mass is 898 g/mol. The van der Waals surface area contributed by atoms with Crippen LogP contribution in [0.3, 0.4) is 0 Å². The van der Waals surface area contributed by atoms with Crippen LogP contribution in [0.2, 0.25) is 19.6 Å². The third kappa shape index (κ3) is 9.16. The van der Waals surface area contributed by atoms with Gasteiger partial charge in [-0.15, -0.1) is 35.0 Å². The number of aromatic nitrogens is 2. The summed E-state index contributed by atoms with van der Waals surface area (Å²) in [6.45, 7) is 28.2. The maximum absolute atomic E-state index is 12.2. The van der Waals surface area contributed by atoms with Gasteiger partial charge in [-0.2, -0.15) is 0 Å². The predicted octanol–water partition coefficient (Wildman–Crippen LogP) is 12.8. The molecule has 6 heteroatoms. The van der Waals surface area contributed by atoms with Crippen molar-refractivity contribution in [3.8, 4) is 11.3 Å². The molecule has 52 heavy (non-hydrogen) atoms. The summed E-state index contributed by atoms with van der Waals surface area (Å²) < 4.78 is 0. The molecule has 1 N–H and O–H groups in total. The van der Waals surface area contributed by atoms with Gasteiger partial charge in [0, 0.05) is 56.4 Å². The first-order chi connectivity index (χ1) is 23.9. The number of allylic oxidation sites excluding steroid dienone is 2. The van der Waals surface area contributed by atoms with Gasteiger partial charge in [0.05, 0.1) is 5.52 Å². The Hall–Kier alpha value is -2.66. The molecule has 1 saturated carbocycles. The number of carbonyl (C=O) groups is 1. The van der Waals surface area contributed by atoms with Gasteiger partial charge in [0.2, 0.25) is 0 Å². The fourth-order valence-electron chi connectivity index (χ4n) is 7.51. The van der Waals surface area contributed by atoms with E-state index in [-0.39, 0.29) is 48.4 Å². The number of carbonyl (C=O) groups excluding carboxylic acids is 1. The van der Waals surface area contributed by atoms with Crippen molar-refractivity contribution in [2.24, 2.45) is 10.8 Å². The molecule has 285 valence electrons. The summed E-state index contributed by atoms with van der Waals surface area (Å²) in [5.41, 5.74) is 7.00. The minimum Gasteiger partial charge on any atom is -0.512 e. The van der Waals surface area contributed by atoms with Gasteiger partial charge in [0.15, 0.2) is 5.78 Å². The summed E-state index contributed by atoms with van der Waals surface area (Å²) in [7, 11) is -1.37. The van der Waals surface area contributed by atoms with E-state index in [4.69, 9.17) is 9.97 Å². The number of aliphatic hydroxyl groups is 1. The van der Waals surface area contributed by atoms with Crippen molar-refractivity contribution in [1.82, 2.24) is 9.97 Å². The van der Waals surface area contributed by atoms with Gasteiger partial charge in [-0.3, -0.25) is 9.78 Å². The Kier molecular flexibility index (Phi) is 14.8. The number of hydrogen-bond acceptors (Lipinski definition) is 4. The van der Waals surface area contributed by atoms with Gasteiger partial charge in [0.25, 0.3) is 0 Å². The van der Waals surface area contributed by atoms with E-state index in [1.807, 2.05) is 41.5 Å². The van der Waals surface area contributed by atoms with Crippen LogP contribution in [0, 0.1) is 30.7 Å². The van der Waals surface area contributed by atoms with E-state index >= 15 is 0 Å². The zero-order valence-corrected chi connectivity index (χ0v) is 37.8. The molecule has 1 aliphatic rings. The second-order valence-electron chi connectivity index (χ2n) is 17.0. The molecule has 1 aromatic heterocycles. The first-order valence-electron chi connectivity index (χ1n) is 19.7. The zero-order valence-electron chi connectivity index (χ0n) is 34.4. The predicted molar refractivity (Wildman–Crippen MR) is 222 cm³/mol. The molecule has 0 amide bonds. The van der Waals surface area contributed by atoms with Crippen molar-refractivity contribution in [1.29, 1.82) is 0 Å². The molecule has 0 aliphatic heterocycles. The number of aryl methyl sites for hydroxylation is 2. The van der Waals surface area contributed by atoms with E-state index in [2.05, 4.69) is 89.8 Å². The number of aliphatic hydroxyl groups excluding tert-OH is 1. The van der Waals surface area contributed by atoms with Gasteiger partial charge in [0.1, 0.15) is 11.6 Å². The van der Waals surface area contributed by atoms with Crippen LogP contribution in [0.1, 0.15) is 141 Å². The number of hydrogen-bond donors (Lipinski definition) is 1. The molecule has 0 saturated heterocycles. The molecule has 0 atom stereocenters. The Morgan fingerprint density at radius 1 is 0.942 bits per heavy atom. The van der Waals surface area contributed by atoms with Crippen molar-refractivity contribution in [2.75, 3.05) is 0 Å². The van der Waals surface area contributed by atoms with Gasteiger partial charge >= 0.3 is 0 Å². The first kappa shape index (κ1) is 43.7. The summed E-state index contributed by atoms with van der Waals surface area (Å²) in [4.78, 5) is 22.5. The third-order valence-electron chi connectivity index (χ3n) is 12.3. The van der Waals surface area contributed by atoms with Crippen molar-refractivity contribution in [3.63, 3.8) is 0 Å². The minimum absolute atomic E-state index is 0. The first-order valence-corrected chi connectivity index (χ1v) is 23.2. The number of fused-ring (bicyclic) bond motifs is 3. The summed E-state index contributed by atoms with van der Waals surface area (Å²) in [6, 6.07) is 17.2. The SMILES string of the molecule is CCC(C)(CC)C(=O)/C=C(\O)C(C)(CC)CC.Cc1cc2ccc3c(-c4[c-]cc([Si](C)(C)C)cc4)nc(C(C)C)nc3c2c(C)c1C1CCCC1.[Ir]. The summed E-state index contributed by atoms with van der Waals surface area (Å²) in [5, 5.41) is 15.3. The molecule has 1 radical (unpaired) electrons. The van der Waals surface area contributed by atoms with Crippen molar-refractivity contribution in [2.45, 2.75) is 152 Å². The number of benzene rings is 3. The second kappa shape index (κ2) is 17.6. The van der Waals surface area contributed by atoms with Crippen LogP contribution in [0.5, 0.6) is 0 Å². The third-order valence-corrected chi connectivity index (χ3v) is 14.4. The number of ketones is 1. The van der Waals surface area contributed by atoms with Crippen molar-refractivity contribution < 1.29 is 30.0 Å². The summed E-state index contributed by atoms with van der Waals surface area (Å²) >= 11 is 0. The normalized spacial score (nSPS) is 14.5. The van der Waals surface area contributed by atoms with E-state index in [1.54, 1.807) is 5.56 Å². The maximum atomic E-state index is 12.2. The van der Waals surface area contributed by atoms with Gasteiger partial charge in [-0.1, -0.05) is 106 Å². The molecule has 0 unspecified atom stereocenters. The van der Waals surface area contributed by atoms with Crippen molar-refractivity contribution >= 4 is 40.7 Å². The van der Waals surface area contributed by atoms with E-state index < -0.39 is 8.07 Å². The van der Waals surface area contributed by atoms with Crippen LogP contribution in [0.15, 0.2) is 48.2 Å². The molecule has 0 bridgehead atoms. The molecule has 1 heterocycles. The zero-order chi connectivity index (χ0) is 37.9. The smallest absolute Gasteiger partial charge is 0.164 e. The average Bonchev–Trinajstić information content (AvgIpc) is 3.64. The number of nitrogens with zero attached hydrogens (tertiary/aromatic N) is 2. The van der Waals surface area contributed by atoms with Crippen LogP contribution in [0.4, 0.5) is 0 Å². The molecule has 3 aromatic carbocycles. The fourth-order valence-corrected chi connectivity index (χ4v) is 8.60. The van der Waals surface area contributed by atoms with E-state index in [0.29, 0.717) is 5.92 Å². The summed E-state index contributed by atoms with van der Waals surface area (Å²) in [5.74, 6) is 2.15. The fraction of sp³-hybridized carbons (Fsp3) is 0.543. The Balaban J connectivity index is 0.000000347. The topological polar surface area (TPSA) is 63.1 Å². The van der Waals surface area contributed by atoms with Crippen LogP contribution in [-0.2, 0) is 24.9 Å². The molecule has 1 fully saturated rings. The molecule has 1 aliphatic carbocycles. The van der Waals surface area contributed by atoms with Gasteiger partial charge in [-0.25, -0.2) is 4.98 Å².